The molecule has 2 heterocycles. The zero-order valence-electron chi connectivity index (χ0n) is 11.2. The maximum absolute atomic E-state index is 12.7. The summed E-state index contributed by atoms with van der Waals surface area (Å²) in [5.74, 6) is 0. The van der Waals surface area contributed by atoms with Gasteiger partial charge in [-0.2, -0.15) is 13.2 Å². The van der Waals surface area contributed by atoms with Crippen LogP contribution in [0.4, 0.5) is 18.3 Å². The minimum atomic E-state index is -4.60. The molecule has 0 aromatic carbocycles. The van der Waals surface area contributed by atoms with E-state index >= 15 is 0 Å². The Kier molecular flexibility index (Phi) is 4.55. The molecule has 0 bridgehead atoms. The highest BCUT2D eigenvalue weighted by Crippen LogP contribution is 2.31. The Morgan fingerprint density at radius 3 is 2.65 bits per heavy atom. The van der Waals surface area contributed by atoms with E-state index in [4.69, 9.17) is 0 Å². The van der Waals surface area contributed by atoms with Gasteiger partial charge >= 0.3 is 6.18 Å². The molecule has 0 radical (unpaired) electrons. The standard InChI is InChI=1S/C12H18F3N3OS/c1-11(19,12(13,14)15)9-17-4-2-5-18(7-6-17)10-16-3-8-20-10/h3,8,19H,2,4-7,9H2,1H3/t11-/m1/s1. The van der Waals surface area contributed by atoms with Crippen LogP contribution in [0.15, 0.2) is 11.6 Å². The molecule has 1 atom stereocenters. The number of hydrogen-bond acceptors (Lipinski definition) is 5. The van der Waals surface area contributed by atoms with Crippen LogP contribution in [0.25, 0.3) is 0 Å². The largest absolute Gasteiger partial charge is 0.418 e. The van der Waals surface area contributed by atoms with E-state index in [1.54, 1.807) is 11.1 Å². The second kappa shape index (κ2) is 5.87. The second-order valence-electron chi connectivity index (χ2n) is 5.20. The lowest BCUT2D eigenvalue weighted by atomic mass is 10.1. The summed E-state index contributed by atoms with van der Waals surface area (Å²) in [6.07, 6.45) is -2.13. The minimum Gasteiger partial charge on any atom is -0.380 e. The molecule has 1 N–H and O–H groups in total. The molecule has 0 unspecified atom stereocenters. The Balaban J connectivity index is 1.93. The van der Waals surface area contributed by atoms with Crippen molar-refractivity contribution in [3.8, 4) is 0 Å². The zero-order valence-corrected chi connectivity index (χ0v) is 12.0. The molecule has 20 heavy (non-hydrogen) atoms. The molecule has 1 aromatic rings. The molecule has 0 saturated carbocycles. The third kappa shape index (κ3) is 3.62. The smallest absolute Gasteiger partial charge is 0.380 e. The van der Waals surface area contributed by atoms with E-state index < -0.39 is 11.8 Å². The van der Waals surface area contributed by atoms with Crippen LogP contribution >= 0.6 is 11.3 Å². The van der Waals surface area contributed by atoms with Gasteiger partial charge in [-0.05, 0) is 13.3 Å². The van der Waals surface area contributed by atoms with Crippen molar-refractivity contribution in [3.63, 3.8) is 0 Å². The van der Waals surface area contributed by atoms with Crippen LogP contribution < -0.4 is 4.90 Å². The van der Waals surface area contributed by atoms with Gasteiger partial charge < -0.3 is 10.0 Å². The van der Waals surface area contributed by atoms with E-state index in [0.29, 0.717) is 19.6 Å². The maximum atomic E-state index is 12.7. The molecular formula is C12H18F3N3OS. The van der Waals surface area contributed by atoms with Gasteiger partial charge in [-0.25, -0.2) is 4.98 Å². The van der Waals surface area contributed by atoms with Gasteiger partial charge in [0.05, 0.1) is 0 Å². The van der Waals surface area contributed by atoms with Crippen LogP contribution in [0.3, 0.4) is 0 Å². The van der Waals surface area contributed by atoms with Gasteiger partial charge in [-0.1, -0.05) is 0 Å². The molecule has 1 aliphatic rings. The van der Waals surface area contributed by atoms with Gasteiger partial charge in [-0.3, -0.25) is 4.90 Å². The van der Waals surface area contributed by atoms with Crippen LogP contribution in [0, 0.1) is 0 Å². The summed E-state index contributed by atoms with van der Waals surface area (Å²) in [6, 6.07) is 0. The lowest BCUT2D eigenvalue weighted by Crippen LogP contribution is -2.52. The molecule has 1 fully saturated rings. The third-order valence-corrected chi connectivity index (χ3v) is 4.25. The lowest BCUT2D eigenvalue weighted by Gasteiger charge is -2.32. The molecule has 0 amide bonds. The number of rotatable bonds is 3. The third-order valence-electron chi connectivity index (χ3n) is 3.42. The van der Waals surface area contributed by atoms with E-state index in [1.165, 1.54) is 11.3 Å². The second-order valence-corrected chi connectivity index (χ2v) is 6.08. The number of β-amino-alcohol motifs (C(OH)–C–C–N with tert-alkyl or cyclic N) is 1. The number of thiazole rings is 1. The number of nitrogens with zero attached hydrogens (tertiary/aromatic N) is 3. The fourth-order valence-electron chi connectivity index (χ4n) is 2.22. The Bertz CT molecular complexity index is 422. The maximum Gasteiger partial charge on any atom is 0.418 e. The predicted molar refractivity (Wildman–Crippen MR) is 72.1 cm³/mol. The minimum absolute atomic E-state index is 0.387. The predicted octanol–water partition coefficient (Wildman–Crippen LogP) is 1.97. The quantitative estimate of drug-likeness (QED) is 0.927. The van der Waals surface area contributed by atoms with E-state index in [9.17, 15) is 18.3 Å². The number of halogens is 3. The van der Waals surface area contributed by atoms with E-state index in [-0.39, 0.29) is 6.54 Å². The van der Waals surface area contributed by atoms with Crippen molar-refractivity contribution < 1.29 is 18.3 Å². The Morgan fingerprint density at radius 1 is 1.30 bits per heavy atom. The average Bonchev–Trinajstić information content (AvgIpc) is 2.76. The summed E-state index contributed by atoms with van der Waals surface area (Å²) in [7, 11) is 0. The van der Waals surface area contributed by atoms with Gasteiger partial charge in [0.25, 0.3) is 0 Å². The first-order chi connectivity index (χ1) is 9.29. The Morgan fingerprint density at radius 2 is 2.05 bits per heavy atom. The highest BCUT2D eigenvalue weighted by Gasteiger charge is 2.50. The average molecular weight is 309 g/mol. The molecule has 0 spiro atoms. The fourth-order valence-corrected chi connectivity index (χ4v) is 2.91. The molecule has 4 nitrogen and oxygen atoms in total. The van der Waals surface area contributed by atoms with E-state index in [1.807, 2.05) is 5.38 Å². The molecule has 2 rings (SSSR count). The summed E-state index contributed by atoms with van der Waals surface area (Å²) >= 11 is 1.52. The van der Waals surface area contributed by atoms with Crippen molar-refractivity contribution in [2.24, 2.45) is 0 Å². The van der Waals surface area contributed by atoms with Crippen LogP contribution in [0.5, 0.6) is 0 Å². The van der Waals surface area contributed by atoms with Gasteiger partial charge in [0.15, 0.2) is 10.7 Å². The zero-order chi connectivity index (χ0) is 14.8. The van der Waals surface area contributed by atoms with Gasteiger partial charge in [0.1, 0.15) is 0 Å². The topological polar surface area (TPSA) is 39.6 Å². The van der Waals surface area contributed by atoms with E-state index in [2.05, 4.69) is 9.88 Å². The number of aromatic nitrogens is 1. The molecule has 0 aliphatic carbocycles. The Hall–Kier alpha value is -0.860. The number of anilines is 1. The van der Waals surface area contributed by atoms with Gasteiger partial charge in [-0.15, -0.1) is 11.3 Å². The molecule has 1 saturated heterocycles. The van der Waals surface area contributed by atoms with Crippen molar-refractivity contribution in [2.75, 3.05) is 37.6 Å². The van der Waals surface area contributed by atoms with Crippen LogP contribution in [0.2, 0.25) is 0 Å². The van der Waals surface area contributed by atoms with Crippen molar-refractivity contribution >= 4 is 16.5 Å². The van der Waals surface area contributed by atoms with Crippen molar-refractivity contribution in [1.82, 2.24) is 9.88 Å². The van der Waals surface area contributed by atoms with Crippen molar-refractivity contribution in [3.05, 3.63) is 11.6 Å². The first-order valence-corrected chi connectivity index (χ1v) is 7.33. The highest BCUT2D eigenvalue weighted by molar-refractivity contribution is 7.13. The summed E-state index contributed by atoms with van der Waals surface area (Å²) < 4.78 is 38.1. The monoisotopic (exact) mass is 309 g/mol. The fraction of sp³-hybridized carbons (Fsp3) is 0.750. The summed E-state index contributed by atoms with van der Waals surface area (Å²) in [6.45, 7) is 2.89. The lowest BCUT2D eigenvalue weighted by molar-refractivity contribution is -0.257. The molecule has 1 aliphatic heterocycles. The number of hydrogen-bond donors (Lipinski definition) is 1. The first kappa shape index (κ1) is 15.5. The van der Waals surface area contributed by atoms with Crippen LogP contribution in [-0.2, 0) is 0 Å². The normalized spacial score (nSPS) is 21.6. The van der Waals surface area contributed by atoms with Crippen molar-refractivity contribution in [2.45, 2.75) is 25.1 Å². The van der Waals surface area contributed by atoms with E-state index in [0.717, 1.165) is 25.0 Å². The summed E-state index contributed by atoms with van der Waals surface area (Å²) in [4.78, 5) is 7.96. The van der Waals surface area contributed by atoms with Crippen LogP contribution in [0.1, 0.15) is 13.3 Å². The summed E-state index contributed by atoms with van der Waals surface area (Å²) in [5.41, 5.74) is -2.66. The summed E-state index contributed by atoms with van der Waals surface area (Å²) in [5, 5.41) is 12.3. The van der Waals surface area contributed by atoms with Crippen LogP contribution in [-0.4, -0.2) is 59.5 Å². The Labute approximate surface area is 119 Å². The van der Waals surface area contributed by atoms with Gasteiger partial charge in [0.2, 0.25) is 0 Å². The highest BCUT2D eigenvalue weighted by atomic mass is 32.1. The first-order valence-electron chi connectivity index (χ1n) is 6.45. The molecule has 1 aromatic heterocycles. The number of aliphatic hydroxyl groups is 1. The molecular weight excluding hydrogens is 291 g/mol. The van der Waals surface area contributed by atoms with Gasteiger partial charge in [0, 0.05) is 44.3 Å². The number of alkyl halides is 3. The molecule has 114 valence electrons. The van der Waals surface area contributed by atoms with Crippen molar-refractivity contribution in [1.29, 1.82) is 0 Å². The molecule has 8 heteroatoms. The SMILES string of the molecule is C[C@@](O)(CN1CCCN(c2nccs2)CC1)C(F)(F)F.